The van der Waals surface area contributed by atoms with Crippen LogP contribution in [0.15, 0.2) is 11.3 Å². The molecule has 0 aromatic carbocycles. The van der Waals surface area contributed by atoms with Gasteiger partial charge in [0, 0.05) is 12.8 Å². The van der Waals surface area contributed by atoms with Crippen molar-refractivity contribution in [3.05, 3.63) is 17.2 Å². The van der Waals surface area contributed by atoms with E-state index in [1.165, 1.54) is 12.7 Å². The smallest absolute Gasteiger partial charge is 0.158 e. The molecule has 0 spiro atoms. The minimum Gasteiger partial charge on any atom is -0.377 e. The Kier molecular flexibility index (Phi) is 2.61. The van der Waals surface area contributed by atoms with E-state index in [9.17, 15) is 0 Å². The third kappa shape index (κ3) is 1.62. The minimum absolute atomic E-state index is 0.149. The van der Waals surface area contributed by atoms with Gasteiger partial charge < -0.3 is 4.74 Å². The van der Waals surface area contributed by atoms with Crippen molar-refractivity contribution < 1.29 is 4.74 Å². The van der Waals surface area contributed by atoms with E-state index in [2.05, 4.69) is 15.0 Å². The standard InChI is InChI=1S/C11H12ClN3O/c12-11-10-9(14-6-15-11)7(5-13-10)8-3-1-2-4-16-8/h5-8H,1-4H2. The number of hydrogen-bond donors (Lipinski definition) is 0. The zero-order valence-electron chi connectivity index (χ0n) is 8.77. The van der Waals surface area contributed by atoms with E-state index in [0.717, 1.165) is 25.1 Å². The summed E-state index contributed by atoms with van der Waals surface area (Å²) in [5, 5.41) is 0.430. The summed E-state index contributed by atoms with van der Waals surface area (Å²) < 4.78 is 5.76. The molecule has 0 amide bonds. The molecule has 16 heavy (non-hydrogen) atoms. The van der Waals surface area contributed by atoms with E-state index in [-0.39, 0.29) is 12.0 Å². The van der Waals surface area contributed by atoms with Crippen LogP contribution in [0.4, 0.5) is 5.69 Å². The van der Waals surface area contributed by atoms with Crippen LogP contribution < -0.4 is 0 Å². The Hall–Kier alpha value is -1.00. The number of nitrogens with zero attached hydrogens (tertiary/aromatic N) is 3. The minimum atomic E-state index is 0.149. The molecule has 1 saturated heterocycles. The number of hydrogen-bond acceptors (Lipinski definition) is 4. The molecule has 5 heteroatoms. The van der Waals surface area contributed by atoms with E-state index >= 15 is 0 Å². The van der Waals surface area contributed by atoms with Gasteiger partial charge in [0.1, 0.15) is 12.0 Å². The number of aromatic nitrogens is 2. The summed E-state index contributed by atoms with van der Waals surface area (Å²) >= 11 is 5.97. The number of rotatable bonds is 1. The second-order valence-corrected chi connectivity index (χ2v) is 4.47. The molecule has 2 aliphatic heterocycles. The fraction of sp³-hybridized carbons (Fsp3) is 0.545. The fourth-order valence-corrected chi connectivity index (χ4v) is 2.47. The van der Waals surface area contributed by atoms with Crippen LogP contribution in [0.2, 0.25) is 5.15 Å². The molecule has 3 rings (SSSR count). The zero-order chi connectivity index (χ0) is 11.0. The van der Waals surface area contributed by atoms with E-state index in [1.54, 1.807) is 0 Å². The monoisotopic (exact) mass is 237 g/mol. The highest BCUT2D eigenvalue weighted by atomic mass is 35.5. The van der Waals surface area contributed by atoms with Crippen LogP contribution in [0.5, 0.6) is 0 Å². The van der Waals surface area contributed by atoms with Crippen molar-refractivity contribution in [2.75, 3.05) is 6.61 Å². The van der Waals surface area contributed by atoms with Gasteiger partial charge in [-0.1, -0.05) is 11.6 Å². The van der Waals surface area contributed by atoms with Crippen molar-refractivity contribution >= 4 is 23.5 Å². The van der Waals surface area contributed by atoms with Crippen molar-refractivity contribution in [2.24, 2.45) is 4.99 Å². The first kappa shape index (κ1) is 10.2. The summed E-state index contributed by atoms with van der Waals surface area (Å²) in [4.78, 5) is 12.5. The van der Waals surface area contributed by atoms with Crippen LogP contribution in [-0.2, 0) is 4.74 Å². The van der Waals surface area contributed by atoms with Gasteiger partial charge in [-0.05, 0) is 19.3 Å². The second kappa shape index (κ2) is 4.11. The number of halogens is 1. The molecule has 0 aliphatic carbocycles. The maximum Gasteiger partial charge on any atom is 0.158 e. The SMILES string of the molecule is Clc1ncnc2c1N=CC2C1CCCCO1. The van der Waals surface area contributed by atoms with Gasteiger partial charge >= 0.3 is 0 Å². The zero-order valence-corrected chi connectivity index (χ0v) is 9.52. The number of ether oxygens (including phenoxy) is 1. The predicted octanol–water partition coefficient (Wildman–Crippen LogP) is 2.50. The Morgan fingerprint density at radius 3 is 3.06 bits per heavy atom. The molecule has 1 fully saturated rings. The van der Waals surface area contributed by atoms with Gasteiger partial charge in [0.15, 0.2) is 5.15 Å². The van der Waals surface area contributed by atoms with Crippen LogP contribution in [0, 0.1) is 0 Å². The molecule has 84 valence electrons. The molecule has 0 saturated carbocycles. The molecular weight excluding hydrogens is 226 g/mol. The third-order valence-corrected chi connectivity index (χ3v) is 3.38. The van der Waals surface area contributed by atoms with Gasteiger partial charge in [-0.3, -0.25) is 4.99 Å². The molecule has 2 aliphatic rings. The van der Waals surface area contributed by atoms with E-state index < -0.39 is 0 Å². The van der Waals surface area contributed by atoms with Crippen molar-refractivity contribution in [3.63, 3.8) is 0 Å². The Labute approximate surface area is 98.7 Å². The summed E-state index contributed by atoms with van der Waals surface area (Å²) in [6.07, 6.45) is 7.01. The van der Waals surface area contributed by atoms with E-state index in [1.807, 2.05) is 6.21 Å². The molecule has 4 nitrogen and oxygen atoms in total. The Bertz CT molecular complexity index is 429. The number of fused-ring (bicyclic) bond motifs is 1. The molecule has 0 N–H and O–H groups in total. The normalized spacial score (nSPS) is 28.1. The number of aliphatic imine (C=N–C) groups is 1. The van der Waals surface area contributed by atoms with Gasteiger partial charge in [-0.15, -0.1) is 0 Å². The van der Waals surface area contributed by atoms with Crippen LogP contribution in [0.25, 0.3) is 0 Å². The lowest BCUT2D eigenvalue weighted by atomic mass is 9.94. The molecule has 2 unspecified atom stereocenters. The van der Waals surface area contributed by atoms with Gasteiger partial charge in [0.05, 0.1) is 17.7 Å². The highest BCUT2D eigenvalue weighted by Crippen LogP contribution is 2.38. The first-order valence-electron chi connectivity index (χ1n) is 5.52. The highest BCUT2D eigenvalue weighted by molar-refractivity contribution is 6.32. The molecule has 0 bridgehead atoms. The quantitative estimate of drug-likeness (QED) is 0.705. The Morgan fingerprint density at radius 2 is 2.25 bits per heavy atom. The first-order valence-corrected chi connectivity index (χ1v) is 5.90. The lowest BCUT2D eigenvalue weighted by Gasteiger charge is -2.26. The van der Waals surface area contributed by atoms with E-state index in [4.69, 9.17) is 16.3 Å². The molecular formula is C11H12ClN3O. The Morgan fingerprint density at radius 1 is 1.31 bits per heavy atom. The van der Waals surface area contributed by atoms with Crippen molar-refractivity contribution in [2.45, 2.75) is 31.3 Å². The van der Waals surface area contributed by atoms with Gasteiger partial charge in [-0.25, -0.2) is 9.97 Å². The van der Waals surface area contributed by atoms with E-state index in [0.29, 0.717) is 10.8 Å². The first-order chi connectivity index (χ1) is 7.86. The summed E-state index contributed by atoms with van der Waals surface area (Å²) in [5.74, 6) is 0.149. The van der Waals surface area contributed by atoms with Crippen LogP contribution in [0.1, 0.15) is 30.9 Å². The average Bonchev–Trinajstić information content (AvgIpc) is 2.75. The van der Waals surface area contributed by atoms with Gasteiger partial charge in [-0.2, -0.15) is 0 Å². The molecule has 1 aromatic rings. The molecule has 0 radical (unpaired) electrons. The van der Waals surface area contributed by atoms with Crippen LogP contribution in [0.3, 0.4) is 0 Å². The Balaban J connectivity index is 1.91. The highest BCUT2D eigenvalue weighted by Gasteiger charge is 2.31. The predicted molar refractivity (Wildman–Crippen MR) is 61.5 cm³/mol. The summed E-state index contributed by atoms with van der Waals surface area (Å²) in [7, 11) is 0. The molecule has 1 aromatic heterocycles. The molecule has 3 heterocycles. The topological polar surface area (TPSA) is 47.4 Å². The van der Waals surface area contributed by atoms with Crippen molar-refractivity contribution in [1.82, 2.24) is 9.97 Å². The van der Waals surface area contributed by atoms with Gasteiger partial charge in [0.25, 0.3) is 0 Å². The molecule has 2 atom stereocenters. The van der Waals surface area contributed by atoms with Crippen molar-refractivity contribution in [3.8, 4) is 0 Å². The van der Waals surface area contributed by atoms with Gasteiger partial charge in [0.2, 0.25) is 0 Å². The maximum atomic E-state index is 5.97. The third-order valence-electron chi connectivity index (χ3n) is 3.10. The van der Waals surface area contributed by atoms with Crippen LogP contribution >= 0.6 is 11.6 Å². The maximum absolute atomic E-state index is 5.97. The summed E-state index contributed by atoms with van der Waals surface area (Å²) in [6, 6.07) is 0. The summed E-state index contributed by atoms with van der Waals surface area (Å²) in [6.45, 7) is 0.836. The fourth-order valence-electron chi connectivity index (χ4n) is 2.28. The lowest BCUT2D eigenvalue weighted by molar-refractivity contribution is 0.0118. The van der Waals surface area contributed by atoms with Crippen molar-refractivity contribution in [1.29, 1.82) is 0 Å². The summed E-state index contributed by atoms with van der Waals surface area (Å²) in [5.41, 5.74) is 1.62. The van der Waals surface area contributed by atoms with Crippen LogP contribution in [-0.4, -0.2) is 28.9 Å². The lowest BCUT2D eigenvalue weighted by Crippen LogP contribution is -2.26. The second-order valence-electron chi connectivity index (χ2n) is 4.11. The average molecular weight is 238 g/mol. The largest absolute Gasteiger partial charge is 0.377 e.